The Kier molecular flexibility index (Phi) is 4.34. The molecule has 0 radical (unpaired) electrons. The molecule has 0 aliphatic carbocycles. The van der Waals surface area contributed by atoms with Gasteiger partial charge in [0, 0.05) is 31.6 Å². The van der Waals surface area contributed by atoms with Crippen molar-refractivity contribution in [2.75, 3.05) is 11.9 Å². The van der Waals surface area contributed by atoms with Crippen LogP contribution in [-0.4, -0.2) is 49.4 Å². The zero-order chi connectivity index (χ0) is 20.8. The number of hydrogen-bond acceptors (Lipinski definition) is 5. The first-order valence-corrected chi connectivity index (χ1v) is 9.83. The van der Waals surface area contributed by atoms with Gasteiger partial charge in [0.15, 0.2) is 0 Å². The molecule has 9 nitrogen and oxygen atoms in total. The number of amides is 2. The fourth-order valence-electron chi connectivity index (χ4n) is 4.15. The number of likely N-dealkylation sites (N-methyl/N-ethyl adjacent to an activating group) is 1. The minimum atomic E-state index is -0.704. The van der Waals surface area contributed by atoms with Gasteiger partial charge in [0.1, 0.15) is 23.5 Å². The normalized spacial score (nSPS) is 20.6. The van der Waals surface area contributed by atoms with Crippen LogP contribution in [0.4, 0.5) is 10.2 Å². The van der Waals surface area contributed by atoms with E-state index in [0.29, 0.717) is 43.0 Å². The van der Waals surface area contributed by atoms with Gasteiger partial charge in [-0.1, -0.05) is 18.2 Å². The lowest BCUT2D eigenvalue weighted by Gasteiger charge is -2.19. The third-order valence-electron chi connectivity index (χ3n) is 5.71. The van der Waals surface area contributed by atoms with Crippen LogP contribution in [0, 0.1) is 5.82 Å². The molecular formula is C20H20FN7O2. The lowest BCUT2D eigenvalue weighted by molar-refractivity contribution is -0.120. The second-order valence-electron chi connectivity index (χ2n) is 7.50. The minimum Gasteiger partial charge on any atom is -0.337 e. The molecule has 0 saturated heterocycles. The molecule has 1 aromatic carbocycles. The lowest BCUT2D eigenvalue weighted by Crippen LogP contribution is -2.47. The van der Waals surface area contributed by atoms with Gasteiger partial charge in [-0.2, -0.15) is 5.10 Å². The number of anilines is 1. The molecule has 2 unspecified atom stereocenters. The highest BCUT2D eigenvalue weighted by Gasteiger charge is 2.33. The van der Waals surface area contributed by atoms with E-state index < -0.39 is 11.9 Å². The fraction of sp³-hybridized carbons (Fsp3) is 0.350. The van der Waals surface area contributed by atoms with Crippen LogP contribution in [0.2, 0.25) is 0 Å². The van der Waals surface area contributed by atoms with Gasteiger partial charge in [-0.05, 0) is 18.9 Å². The number of hydrogen-bond donors (Lipinski definition) is 1. The van der Waals surface area contributed by atoms with Gasteiger partial charge in [0.2, 0.25) is 5.82 Å². The van der Waals surface area contributed by atoms with Gasteiger partial charge in [-0.15, -0.1) is 5.10 Å². The minimum absolute atomic E-state index is 0.0107. The van der Waals surface area contributed by atoms with E-state index in [-0.39, 0.29) is 23.6 Å². The SMILES string of the molecule is CN1C(=O)C(NC(=O)c2nc3n(n2)C(c2ccccc2F)CC3)CCn2nccc21. The van der Waals surface area contributed by atoms with Gasteiger partial charge in [-0.25, -0.2) is 18.7 Å². The van der Waals surface area contributed by atoms with Gasteiger partial charge < -0.3 is 5.32 Å². The largest absolute Gasteiger partial charge is 0.337 e. The number of aromatic nitrogens is 5. The number of carbonyl (C=O) groups excluding carboxylic acids is 2. The van der Waals surface area contributed by atoms with Crippen LogP contribution >= 0.6 is 0 Å². The standard InChI is InChI=1S/C20H20FN7O2/c1-26-17-8-10-22-27(17)11-9-14(20(26)30)23-19(29)18-24-16-7-6-15(28(16)25-18)12-4-2-3-5-13(12)21/h2-5,8,10,14-15H,6-7,9,11H2,1H3,(H,23,29). The monoisotopic (exact) mass is 409 g/mol. The average Bonchev–Trinajstić information content (AvgIpc) is 3.44. The predicted octanol–water partition coefficient (Wildman–Crippen LogP) is 1.31. The van der Waals surface area contributed by atoms with Crippen LogP contribution in [0.5, 0.6) is 0 Å². The zero-order valence-corrected chi connectivity index (χ0v) is 16.3. The summed E-state index contributed by atoms with van der Waals surface area (Å²) in [6, 6.07) is 7.31. The third-order valence-corrected chi connectivity index (χ3v) is 5.71. The number of halogens is 1. The molecule has 4 heterocycles. The molecule has 0 fully saturated rings. The first kappa shape index (κ1) is 18.5. The van der Waals surface area contributed by atoms with Crippen LogP contribution in [0.3, 0.4) is 0 Å². The lowest BCUT2D eigenvalue weighted by atomic mass is 10.0. The van der Waals surface area contributed by atoms with E-state index in [4.69, 9.17) is 0 Å². The fourth-order valence-corrected chi connectivity index (χ4v) is 4.15. The van der Waals surface area contributed by atoms with Crippen LogP contribution < -0.4 is 10.2 Å². The summed E-state index contributed by atoms with van der Waals surface area (Å²) in [6.45, 7) is 0.506. The zero-order valence-electron chi connectivity index (χ0n) is 16.3. The Labute approximate surface area is 171 Å². The Morgan fingerprint density at radius 2 is 2.07 bits per heavy atom. The van der Waals surface area contributed by atoms with Crippen molar-refractivity contribution in [1.82, 2.24) is 29.9 Å². The Balaban J connectivity index is 1.35. The van der Waals surface area contributed by atoms with Crippen LogP contribution in [0.15, 0.2) is 36.5 Å². The smallest absolute Gasteiger partial charge is 0.291 e. The van der Waals surface area contributed by atoms with Crippen molar-refractivity contribution in [2.45, 2.75) is 37.9 Å². The Hall–Kier alpha value is -3.56. The second-order valence-corrected chi connectivity index (χ2v) is 7.50. The maximum Gasteiger partial charge on any atom is 0.291 e. The number of nitrogens with zero attached hydrogens (tertiary/aromatic N) is 6. The molecule has 0 spiro atoms. The van der Waals surface area contributed by atoms with Crippen molar-refractivity contribution in [1.29, 1.82) is 0 Å². The first-order chi connectivity index (χ1) is 14.5. The number of nitrogens with one attached hydrogen (secondary N) is 1. The maximum atomic E-state index is 14.2. The molecule has 10 heteroatoms. The molecule has 2 atom stereocenters. The van der Waals surface area contributed by atoms with Crippen molar-refractivity contribution in [3.8, 4) is 0 Å². The molecule has 3 aromatic rings. The van der Waals surface area contributed by atoms with Crippen LogP contribution in [-0.2, 0) is 17.8 Å². The van der Waals surface area contributed by atoms with E-state index in [1.54, 1.807) is 46.9 Å². The van der Waals surface area contributed by atoms with Crippen LogP contribution in [0.1, 0.15) is 40.9 Å². The molecule has 0 bridgehead atoms. The summed E-state index contributed by atoms with van der Waals surface area (Å²) in [6.07, 6.45) is 3.33. The molecule has 0 saturated carbocycles. The maximum absolute atomic E-state index is 14.2. The summed E-state index contributed by atoms with van der Waals surface area (Å²) in [5.74, 6) is 0.264. The second kappa shape index (κ2) is 7.05. The highest BCUT2D eigenvalue weighted by Crippen LogP contribution is 2.31. The number of rotatable bonds is 3. The van der Waals surface area contributed by atoms with Gasteiger partial charge in [-0.3, -0.25) is 14.5 Å². The quantitative estimate of drug-likeness (QED) is 0.704. The molecule has 1 N–H and O–H groups in total. The molecule has 154 valence electrons. The molecule has 30 heavy (non-hydrogen) atoms. The average molecular weight is 409 g/mol. The molecule has 5 rings (SSSR count). The number of carbonyl (C=O) groups is 2. The Morgan fingerprint density at radius 1 is 1.23 bits per heavy atom. The van der Waals surface area contributed by atoms with Gasteiger partial charge in [0.25, 0.3) is 11.8 Å². The van der Waals surface area contributed by atoms with Gasteiger partial charge in [0.05, 0.1) is 12.2 Å². The van der Waals surface area contributed by atoms with Crippen LogP contribution in [0.25, 0.3) is 0 Å². The Morgan fingerprint density at radius 3 is 2.90 bits per heavy atom. The number of benzene rings is 1. The summed E-state index contributed by atoms with van der Waals surface area (Å²) < 4.78 is 17.6. The number of aryl methyl sites for hydroxylation is 2. The summed E-state index contributed by atoms with van der Waals surface area (Å²) in [4.78, 5) is 31.4. The van der Waals surface area contributed by atoms with Crippen molar-refractivity contribution in [3.63, 3.8) is 0 Å². The summed E-state index contributed by atoms with van der Waals surface area (Å²) in [7, 11) is 1.66. The summed E-state index contributed by atoms with van der Waals surface area (Å²) >= 11 is 0. The first-order valence-electron chi connectivity index (χ1n) is 9.83. The molecule has 2 aromatic heterocycles. The summed E-state index contributed by atoms with van der Waals surface area (Å²) in [5, 5.41) is 11.3. The molecule has 2 aliphatic rings. The van der Waals surface area contributed by atoms with Gasteiger partial charge >= 0.3 is 0 Å². The van der Waals surface area contributed by atoms with E-state index in [0.717, 1.165) is 0 Å². The predicted molar refractivity (Wildman–Crippen MR) is 104 cm³/mol. The third kappa shape index (κ3) is 2.95. The highest BCUT2D eigenvalue weighted by molar-refractivity contribution is 6.00. The highest BCUT2D eigenvalue weighted by atomic mass is 19.1. The van der Waals surface area contributed by atoms with Crippen molar-refractivity contribution in [2.24, 2.45) is 0 Å². The van der Waals surface area contributed by atoms with Crippen molar-refractivity contribution >= 4 is 17.6 Å². The van der Waals surface area contributed by atoms with E-state index in [2.05, 4.69) is 20.5 Å². The van der Waals surface area contributed by atoms with Crippen molar-refractivity contribution in [3.05, 3.63) is 59.6 Å². The molecule has 2 amide bonds. The van der Waals surface area contributed by atoms with E-state index >= 15 is 0 Å². The molecule has 2 aliphatic heterocycles. The van der Waals surface area contributed by atoms with E-state index in [1.165, 1.54) is 11.0 Å². The van der Waals surface area contributed by atoms with E-state index in [9.17, 15) is 14.0 Å². The number of fused-ring (bicyclic) bond motifs is 2. The summed E-state index contributed by atoms with van der Waals surface area (Å²) in [5.41, 5.74) is 0.531. The van der Waals surface area contributed by atoms with Crippen molar-refractivity contribution < 1.29 is 14.0 Å². The topological polar surface area (TPSA) is 97.9 Å². The Bertz CT molecular complexity index is 1140. The van der Waals surface area contributed by atoms with E-state index in [1.807, 2.05) is 0 Å². The molecular weight excluding hydrogens is 389 g/mol.